The van der Waals surface area contributed by atoms with Crippen molar-refractivity contribution in [3.63, 3.8) is 0 Å². The molecule has 0 saturated carbocycles. The van der Waals surface area contributed by atoms with Crippen LogP contribution < -0.4 is 4.74 Å². The van der Waals surface area contributed by atoms with Crippen molar-refractivity contribution in [1.82, 2.24) is 4.98 Å². The van der Waals surface area contributed by atoms with Gasteiger partial charge in [-0.15, -0.1) is 0 Å². The van der Waals surface area contributed by atoms with E-state index in [0.717, 1.165) is 27.7 Å². The average Bonchev–Trinajstić information content (AvgIpc) is 3.24. The first-order valence-corrected chi connectivity index (χ1v) is 9.25. The van der Waals surface area contributed by atoms with Crippen molar-refractivity contribution >= 4 is 27.8 Å². The summed E-state index contributed by atoms with van der Waals surface area (Å²) < 4.78 is 11.8. The summed E-state index contributed by atoms with van der Waals surface area (Å²) in [4.78, 5) is 15.5. The smallest absolute Gasteiger partial charge is 0.334 e. The molecule has 0 bridgehead atoms. The fraction of sp³-hybridized carbons (Fsp3) is 0.125. The zero-order valence-corrected chi connectivity index (χ0v) is 15.3. The van der Waals surface area contributed by atoms with Gasteiger partial charge in [-0.1, -0.05) is 55.1 Å². The Morgan fingerprint density at radius 1 is 0.964 bits per heavy atom. The molecule has 0 aliphatic carbocycles. The molecule has 0 radical (unpaired) electrons. The van der Waals surface area contributed by atoms with Crippen molar-refractivity contribution in [2.45, 2.75) is 12.0 Å². The van der Waals surface area contributed by atoms with E-state index in [1.54, 1.807) is 0 Å². The molecule has 5 rings (SSSR count). The standard InChI is InChI=1S/C24H19NO3/c1-16-14-24(28-23(16)26,17-7-3-2-4-8-17)15-27-18-11-12-20-19-9-5-6-10-21(19)25-22(20)13-18/h2-13,25H,1,14-15H2. The van der Waals surface area contributed by atoms with Crippen molar-refractivity contribution in [2.75, 3.05) is 6.61 Å². The molecule has 1 aliphatic rings. The molecule has 1 unspecified atom stereocenters. The number of aromatic amines is 1. The third-order valence-corrected chi connectivity index (χ3v) is 5.33. The van der Waals surface area contributed by atoms with Crippen LogP contribution in [0.3, 0.4) is 0 Å². The van der Waals surface area contributed by atoms with E-state index in [4.69, 9.17) is 9.47 Å². The van der Waals surface area contributed by atoms with Gasteiger partial charge in [0.1, 0.15) is 12.4 Å². The number of carbonyl (C=O) groups excluding carboxylic acids is 1. The summed E-state index contributed by atoms with van der Waals surface area (Å²) in [7, 11) is 0. The Morgan fingerprint density at radius 3 is 2.50 bits per heavy atom. The topological polar surface area (TPSA) is 51.3 Å². The number of esters is 1. The summed E-state index contributed by atoms with van der Waals surface area (Å²) >= 11 is 0. The molecule has 1 atom stereocenters. The largest absolute Gasteiger partial charge is 0.489 e. The summed E-state index contributed by atoms with van der Waals surface area (Å²) in [6, 6.07) is 23.9. The van der Waals surface area contributed by atoms with Crippen LogP contribution in [0.5, 0.6) is 5.75 Å². The van der Waals surface area contributed by atoms with E-state index in [1.807, 2.05) is 54.6 Å². The van der Waals surface area contributed by atoms with Crippen molar-refractivity contribution < 1.29 is 14.3 Å². The van der Waals surface area contributed by atoms with E-state index in [-0.39, 0.29) is 12.6 Å². The van der Waals surface area contributed by atoms with Crippen molar-refractivity contribution in [3.05, 3.63) is 90.5 Å². The molecule has 4 heteroatoms. The molecule has 1 fully saturated rings. The number of nitrogens with one attached hydrogen (secondary N) is 1. The molecule has 4 aromatic rings. The van der Waals surface area contributed by atoms with Gasteiger partial charge in [0.05, 0.1) is 5.52 Å². The molecule has 0 spiro atoms. The summed E-state index contributed by atoms with van der Waals surface area (Å²) in [6.07, 6.45) is 0.421. The Labute approximate surface area is 162 Å². The highest BCUT2D eigenvalue weighted by Crippen LogP contribution is 2.40. The lowest BCUT2D eigenvalue weighted by Gasteiger charge is -2.27. The Kier molecular flexibility index (Phi) is 3.72. The average molecular weight is 369 g/mol. The zero-order chi connectivity index (χ0) is 19.1. The van der Waals surface area contributed by atoms with Crippen molar-refractivity contribution in [1.29, 1.82) is 0 Å². The van der Waals surface area contributed by atoms with Gasteiger partial charge in [-0.2, -0.15) is 0 Å². The molecular formula is C24H19NO3. The molecule has 0 amide bonds. The highest BCUT2D eigenvalue weighted by molar-refractivity contribution is 6.07. The van der Waals surface area contributed by atoms with Crippen LogP contribution >= 0.6 is 0 Å². The Hall–Kier alpha value is -3.53. The number of fused-ring (bicyclic) bond motifs is 3. The minimum absolute atomic E-state index is 0.230. The molecule has 4 nitrogen and oxygen atoms in total. The number of H-pyrrole nitrogens is 1. The van der Waals surface area contributed by atoms with Gasteiger partial charge in [0.2, 0.25) is 0 Å². The van der Waals surface area contributed by atoms with Crippen molar-refractivity contribution in [2.24, 2.45) is 0 Å². The highest BCUT2D eigenvalue weighted by Gasteiger charge is 2.45. The molecule has 138 valence electrons. The molecule has 1 N–H and O–H groups in total. The third-order valence-electron chi connectivity index (χ3n) is 5.33. The predicted octanol–water partition coefficient (Wildman–Crippen LogP) is 5.10. The van der Waals surface area contributed by atoms with E-state index >= 15 is 0 Å². The molecule has 1 aromatic heterocycles. The number of para-hydroxylation sites is 1. The second kappa shape index (κ2) is 6.27. The summed E-state index contributed by atoms with van der Waals surface area (Å²) in [5.74, 6) is 0.362. The highest BCUT2D eigenvalue weighted by atomic mass is 16.6. The molecule has 2 heterocycles. The maximum atomic E-state index is 12.1. The molecular weight excluding hydrogens is 350 g/mol. The van der Waals surface area contributed by atoms with E-state index in [0.29, 0.717) is 12.0 Å². The maximum absolute atomic E-state index is 12.1. The minimum atomic E-state index is -0.842. The van der Waals surface area contributed by atoms with Crippen LogP contribution in [0.25, 0.3) is 21.8 Å². The summed E-state index contributed by atoms with van der Waals surface area (Å²) in [6.45, 7) is 4.07. The summed E-state index contributed by atoms with van der Waals surface area (Å²) in [5, 5.41) is 2.34. The number of ether oxygens (including phenoxy) is 2. The monoisotopic (exact) mass is 369 g/mol. The number of rotatable bonds is 4. The number of carbonyl (C=O) groups is 1. The van der Waals surface area contributed by atoms with Gasteiger partial charge < -0.3 is 14.5 Å². The van der Waals surface area contributed by atoms with Gasteiger partial charge in [0.15, 0.2) is 5.60 Å². The first kappa shape index (κ1) is 16.6. The predicted molar refractivity (Wildman–Crippen MR) is 109 cm³/mol. The second-order valence-corrected chi connectivity index (χ2v) is 7.20. The number of hydrogen-bond donors (Lipinski definition) is 1. The number of aromatic nitrogens is 1. The Bertz CT molecular complexity index is 1190. The lowest BCUT2D eigenvalue weighted by atomic mass is 9.90. The fourth-order valence-corrected chi connectivity index (χ4v) is 3.89. The van der Waals surface area contributed by atoms with Crippen molar-refractivity contribution in [3.8, 4) is 5.75 Å². The SMILES string of the molecule is C=C1CC(COc2ccc3c(c2)[nH]c2ccccc23)(c2ccccc2)OC1=O. The normalized spacial score (nSPS) is 19.3. The number of benzene rings is 3. The fourth-order valence-electron chi connectivity index (χ4n) is 3.89. The van der Waals surface area contributed by atoms with Crippen LogP contribution in [0, 0.1) is 0 Å². The lowest BCUT2D eigenvalue weighted by Crippen LogP contribution is -2.33. The van der Waals surface area contributed by atoms with Crippen LogP contribution in [0.15, 0.2) is 84.9 Å². The molecule has 1 aliphatic heterocycles. The first-order chi connectivity index (χ1) is 13.6. The van der Waals surface area contributed by atoms with Gasteiger partial charge in [-0.3, -0.25) is 0 Å². The van der Waals surface area contributed by atoms with E-state index in [1.165, 1.54) is 5.39 Å². The van der Waals surface area contributed by atoms with E-state index in [2.05, 4.69) is 29.8 Å². The van der Waals surface area contributed by atoms with Gasteiger partial charge in [-0.25, -0.2) is 4.79 Å². The van der Waals surface area contributed by atoms with E-state index in [9.17, 15) is 4.79 Å². The van der Waals surface area contributed by atoms with Crippen LogP contribution in [-0.2, 0) is 15.1 Å². The van der Waals surface area contributed by atoms with Crippen LogP contribution in [-0.4, -0.2) is 17.6 Å². The van der Waals surface area contributed by atoms with Crippen LogP contribution in [0.2, 0.25) is 0 Å². The van der Waals surface area contributed by atoms with E-state index < -0.39 is 5.60 Å². The molecule has 3 aromatic carbocycles. The third kappa shape index (κ3) is 2.65. The quantitative estimate of drug-likeness (QED) is 0.402. The van der Waals surface area contributed by atoms with Gasteiger partial charge in [-0.05, 0) is 23.8 Å². The Morgan fingerprint density at radius 2 is 1.71 bits per heavy atom. The molecule has 28 heavy (non-hydrogen) atoms. The zero-order valence-electron chi connectivity index (χ0n) is 15.3. The summed E-state index contributed by atoms with van der Waals surface area (Å²) in [5.41, 5.74) is 2.65. The van der Waals surface area contributed by atoms with Crippen LogP contribution in [0.1, 0.15) is 12.0 Å². The van der Waals surface area contributed by atoms with Gasteiger partial charge in [0, 0.05) is 34.3 Å². The molecule has 1 saturated heterocycles. The van der Waals surface area contributed by atoms with Gasteiger partial charge >= 0.3 is 5.97 Å². The second-order valence-electron chi connectivity index (χ2n) is 7.20. The number of hydrogen-bond acceptors (Lipinski definition) is 3. The maximum Gasteiger partial charge on any atom is 0.334 e. The lowest BCUT2D eigenvalue weighted by molar-refractivity contribution is -0.150. The Balaban J connectivity index is 1.47. The number of cyclic esters (lactones) is 1. The minimum Gasteiger partial charge on any atom is -0.489 e. The van der Waals surface area contributed by atoms with Crippen LogP contribution in [0.4, 0.5) is 0 Å². The van der Waals surface area contributed by atoms with Gasteiger partial charge in [0.25, 0.3) is 0 Å². The first-order valence-electron chi connectivity index (χ1n) is 9.25.